The third kappa shape index (κ3) is 8.25. The summed E-state index contributed by atoms with van der Waals surface area (Å²) in [6.45, 7) is 2.16. The third-order valence-electron chi connectivity index (χ3n) is 3.89. The zero-order valence-electron chi connectivity index (χ0n) is 12.4. The van der Waals surface area contributed by atoms with Crippen LogP contribution in [0.4, 0.5) is 0 Å². The fourth-order valence-corrected chi connectivity index (χ4v) is 2.68. The predicted octanol–water partition coefficient (Wildman–Crippen LogP) is 3.97. The molecule has 1 heterocycles. The standard InChI is InChI=1S/C16H30O3/c1-2-3-11-15-12-9-7-5-4-6-8-10-14(17)13-16(18)19-15/h14-15,17H,2-13H2,1H3/t14-,15+/m1/s1. The Bertz CT molecular complexity index is 240. The van der Waals surface area contributed by atoms with Crippen LogP contribution >= 0.6 is 0 Å². The van der Waals surface area contributed by atoms with Crippen LogP contribution in [-0.2, 0) is 9.53 Å². The molecule has 0 saturated carbocycles. The topological polar surface area (TPSA) is 46.5 Å². The Balaban J connectivity index is 2.44. The van der Waals surface area contributed by atoms with E-state index in [1.54, 1.807) is 0 Å². The Morgan fingerprint density at radius 2 is 1.74 bits per heavy atom. The van der Waals surface area contributed by atoms with Crippen molar-refractivity contribution in [3.8, 4) is 0 Å². The minimum absolute atomic E-state index is 0.0698. The van der Waals surface area contributed by atoms with Crippen LogP contribution in [0.2, 0.25) is 0 Å². The van der Waals surface area contributed by atoms with Gasteiger partial charge in [-0.2, -0.15) is 0 Å². The minimum Gasteiger partial charge on any atom is -0.462 e. The lowest BCUT2D eigenvalue weighted by Gasteiger charge is -2.18. The summed E-state index contributed by atoms with van der Waals surface area (Å²) >= 11 is 0. The van der Waals surface area contributed by atoms with Gasteiger partial charge in [-0.05, 0) is 25.7 Å². The van der Waals surface area contributed by atoms with Crippen LogP contribution in [0.15, 0.2) is 0 Å². The Morgan fingerprint density at radius 1 is 1.11 bits per heavy atom. The summed E-state index contributed by atoms with van der Waals surface area (Å²) in [4.78, 5) is 11.8. The number of esters is 1. The van der Waals surface area contributed by atoms with Crippen LogP contribution in [0, 0.1) is 0 Å². The lowest BCUT2D eigenvalue weighted by molar-refractivity contribution is -0.152. The molecule has 0 aliphatic carbocycles. The molecule has 0 bridgehead atoms. The molecular weight excluding hydrogens is 240 g/mol. The second-order valence-corrected chi connectivity index (χ2v) is 5.81. The highest BCUT2D eigenvalue weighted by Crippen LogP contribution is 2.18. The number of hydrogen-bond donors (Lipinski definition) is 1. The lowest BCUT2D eigenvalue weighted by atomic mass is 10.0. The lowest BCUT2D eigenvalue weighted by Crippen LogP contribution is -2.22. The molecule has 1 rings (SSSR count). The molecule has 0 aromatic heterocycles. The second-order valence-electron chi connectivity index (χ2n) is 5.81. The van der Waals surface area contributed by atoms with Crippen molar-refractivity contribution in [1.82, 2.24) is 0 Å². The molecule has 19 heavy (non-hydrogen) atoms. The van der Waals surface area contributed by atoms with Gasteiger partial charge >= 0.3 is 5.97 Å². The number of rotatable bonds is 3. The van der Waals surface area contributed by atoms with Crippen molar-refractivity contribution in [1.29, 1.82) is 0 Å². The SMILES string of the molecule is CCCC[C@H]1CCCCCCCC[C@@H](O)CC(=O)O1. The average molecular weight is 270 g/mol. The molecule has 1 aliphatic rings. The molecule has 0 unspecified atom stereocenters. The normalized spacial score (nSPS) is 27.8. The van der Waals surface area contributed by atoms with Crippen LogP contribution in [-0.4, -0.2) is 23.3 Å². The van der Waals surface area contributed by atoms with Gasteiger partial charge in [0.15, 0.2) is 0 Å². The summed E-state index contributed by atoms with van der Waals surface area (Å²) in [7, 11) is 0. The van der Waals surface area contributed by atoms with Gasteiger partial charge in [0.25, 0.3) is 0 Å². The van der Waals surface area contributed by atoms with E-state index in [0.717, 1.165) is 44.9 Å². The second kappa shape index (κ2) is 10.2. The molecule has 1 saturated heterocycles. The van der Waals surface area contributed by atoms with Gasteiger partial charge in [0.2, 0.25) is 0 Å². The number of carbonyl (C=O) groups excluding carboxylic acids is 1. The molecule has 0 amide bonds. The van der Waals surface area contributed by atoms with Gasteiger partial charge in [-0.3, -0.25) is 4.79 Å². The Morgan fingerprint density at radius 3 is 2.42 bits per heavy atom. The Hall–Kier alpha value is -0.570. The molecule has 0 aromatic carbocycles. The summed E-state index contributed by atoms with van der Waals surface area (Å²) in [5.41, 5.74) is 0. The van der Waals surface area contributed by atoms with Crippen molar-refractivity contribution in [2.75, 3.05) is 0 Å². The number of carbonyl (C=O) groups is 1. The van der Waals surface area contributed by atoms with E-state index < -0.39 is 6.10 Å². The fraction of sp³-hybridized carbons (Fsp3) is 0.938. The highest BCUT2D eigenvalue weighted by atomic mass is 16.5. The maximum atomic E-state index is 11.8. The van der Waals surface area contributed by atoms with E-state index in [4.69, 9.17) is 4.74 Å². The van der Waals surface area contributed by atoms with Crippen molar-refractivity contribution in [2.24, 2.45) is 0 Å². The van der Waals surface area contributed by atoms with E-state index in [-0.39, 0.29) is 18.5 Å². The summed E-state index contributed by atoms with van der Waals surface area (Å²) in [6.07, 6.45) is 11.8. The molecular formula is C16H30O3. The van der Waals surface area contributed by atoms with E-state index >= 15 is 0 Å². The molecule has 1 fully saturated rings. The summed E-state index contributed by atoms with van der Waals surface area (Å²) in [5, 5.41) is 9.80. The zero-order valence-corrected chi connectivity index (χ0v) is 12.4. The number of unbranched alkanes of at least 4 members (excludes halogenated alkanes) is 1. The van der Waals surface area contributed by atoms with Crippen molar-refractivity contribution in [3.05, 3.63) is 0 Å². The van der Waals surface area contributed by atoms with Crippen molar-refractivity contribution in [3.63, 3.8) is 0 Å². The van der Waals surface area contributed by atoms with Crippen molar-refractivity contribution < 1.29 is 14.6 Å². The molecule has 0 spiro atoms. The van der Waals surface area contributed by atoms with Crippen LogP contribution < -0.4 is 0 Å². The van der Waals surface area contributed by atoms with Gasteiger partial charge in [-0.25, -0.2) is 0 Å². The Kier molecular flexibility index (Phi) is 8.89. The first-order valence-electron chi connectivity index (χ1n) is 8.10. The molecule has 2 atom stereocenters. The maximum absolute atomic E-state index is 11.8. The van der Waals surface area contributed by atoms with Gasteiger partial charge in [-0.1, -0.05) is 51.9 Å². The van der Waals surface area contributed by atoms with Crippen LogP contribution in [0.25, 0.3) is 0 Å². The smallest absolute Gasteiger partial charge is 0.308 e. The molecule has 0 radical (unpaired) electrons. The van der Waals surface area contributed by atoms with E-state index in [2.05, 4.69) is 6.92 Å². The average Bonchev–Trinajstić information content (AvgIpc) is 2.38. The molecule has 3 nitrogen and oxygen atoms in total. The third-order valence-corrected chi connectivity index (χ3v) is 3.89. The molecule has 0 aromatic rings. The highest BCUT2D eigenvalue weighted by Gasteiger charge is 2.17. The first-order valence-corrected chi connectivity index (χ1v) is 8.10. The minimum atomic E-state index is -0.514. The van der Waals surface area contributed by atoms with Gasteiger partial charge in [-0.15, -0.1) is 0 Å². The van der Waals surface area contributed by atoms with Crippen LogP contribution in [0.3, 0.4) is 0 Å². The highest BCUT2D eigenvalue weighted by molar-refractivity contribution is 5.70. The largest absolute Gasteiger partial charge is 0.462 e. The number of aliphatic hydroxyl groups is 1. The summed E-state index contributed by atoms with van der Waals surface area (Å²) < 4.78 is 5.54. The van der Waals surface area contributed by atoms with E-state index in [9.17, 15) is 9.90 Å². The first kappa shape index (κ1) is 16.5. The van der Waals surface area contributed by atoms with Gasteiger partial charge in [0.1, 0.15) is 6.10 Å². The number of hydrogen-bond acceptors (Lipinski definition) is 3. The van der Waals surface area contributed by atoms with E-state index in [1.807, 2.05) is 0 Å². The number of aliphatic hydroxyl groups excluding tert-OH is 1. The number of ether oxygens (including phenoxy) is 1. The molecule has 1 N–H and O–H groups in total. The van der Waals surface area contributed by atoms with Crippen molar-refractivity contribution in [2.45, 2.75) is 96.2 Å². The van der Waals surface area contributed by atoms with Crippen LogP contribution in [0.5, 0.6) is 0 Å². The maximum Gasteiger partial charge on any atom is 0.308 e. The quantitative estimate of drug-likeness (QED) is 0.789. The Labute approximate surface area is 117 Å². The monoisotopic (exact) mass is 270 g/mol. The van der Waals surface area contributed by atoms with E-state index in [0.29, 0.717) is 0 Å². The molecule has 3 heteroatoms. The van der Waals surface area contributed by atoms with E-state index in [1.165, 1.54) is 25.7 Å². The van der Waals surface area contributed by atoms with Gasteiger partial charge in [0, 0.05) is 0 Å². The zero-order chi connectivity index (χ0) is 13.9. The predicted molar refractivity (Wildman–Crippen MR) is 77.0 cm³/mol. The van der Waals surface area contributed by atoms with Crippen LogP contribution in [0.1, 0.15) is 84.0 Å². The van der Waals surface area contributed by atoms with Gasteiger partial charge < -0.3 is 9.84 Å². The summed E-state index contributed by atoms with van der Waals surface area (Å²) in [5.74, 6) is -0.215. The number of cyclic esters (lactones) is 1. The first-order chi connectivity index (χ1) is 9.22. The molecule has 1 aliphatic heterocycles. The fourth-order valence-electron chi connectivity index (χ4n) is 2.68. The summed E-state index contributed by atoms with van der Waals surface area (Å²) in [6, 6.07) is 0. The molecule has 112 valence electrons. The van der Waals surface area contributed by atoms with Crippen molar-refractivity contribution >= 4 is 5.97 Å². The van der Waals surface area contributed by atoms with Gasteiger partial charge in [0.05, 0.1) is 12.5 Å².